The van der Waals surface area contributed by atoms with E-state index in [2.05, 4.69) is 16.9 Å². The van der Waals surface area contributed by atoms with Gasteiger partial charge in [0.1, 0.15) is 11.0 Å². The zero-order chi connectivity index (χ0) is 11.5. The fourth-order valence-corrected chi connectivity index (χ4v) is 5.06. The van der Waals surface area contributed by atoms with E-state index >= 15 is 0 Å². The summed E-state index contributed by atoms with van der Waals surface area (Å²) < 4.78 is 0. The van der Waals surface area contributed by atoms with Crippen LogP contribution in [0.15, 0.2) is 6.07 Å². The molecule has 1 saturated heterocycles. The Kier molecular flexibility index (Phi) is 4.39. The van der Waals surface area contributed by atoms with E-state index in [1.54, 1.807) is 0 Å². The first-order valence-corrected chi connectivity index (χ1v) is 7.92. The van der Waals surface area contributed by atoms with Crippen molar-refractivity contribution in [1.29, 1.82) is 0 Å². The lowest BCUT2D eigenvalue weighted by Gasteiger charge is -2.28. The van der Waals surface area contributed by atoms with Crippen molar-refractivity contribution in [2.75, 3.05) is 11.5 Å². The van der Waals surface area contributed by atoms with Crippen molar-refractivity contribution in [3.05, 3.63) is 22.7 Å². The summed E-state index contributed by atoms with van der Waals surface area (Å²) in [5.74, 6) is 3.33. The first-order chi connectivity index (χ1) is 7.70. The number of halogens is 1. The normalized spacial score (nSPS) is 25.7. The lowest BCUT2D eigenvalue weighted by Crippen LogP contribution is -2.20. The van der Waals surface area contributed by atoms with Gasteiger partial charge in [0, 0.05) is 22.4 Å². The first kappa shape index (κ1) is 12.5. The predicted molar refractivity (Wildman–Crippen MR) is 73.5 cm³/mol. The summed E-state index contributed by atoms with van der Waals surface area (Å²) in [5, 5.41) is 1.59. The summed E-state index contributed by atoms with van der Waals surface area (Å²) in [4.78, 5) is 8.90. The summed E-state index contributed by atoms with van der Waals surface area (Å²) >= 11 is 9.99. The number of nitrogens with zero attached hydrogens (tertiary/aromatic N) is 2. The molecule has 0 N–H and O–H groups in total. The van der Waals surface area contributed by atoms with Crippen molar-refractivity contribution in [1.82, 2.24) is 9.97 Å². The molecule has 2 rings (SSSR count). The molecule has 88 valence electrons. The van der Waals surface area contributed by atoms with Crippen molar-refractivity contribution >= 4 is 35.1 Å². The predicted octanol–water partition coefficient (Wildman–Crippen LogP) is 3.74. The molecule has 1 aliphatic heterocycles. The van der Waals surface area contributed by atoms with E-state index in [4.69, 9.17) is 11.6 Å². The summed E-state index contributed by atoms with van der Waals surface area (Å²) in [6.07, 6.45) is 1.16. The van der Waals surface area contributed by atoms with Crippen LogP contribution < -0.4 is 0 Å². The van der Waals surface area contributed by atoms with E-state index in [0.29, 0.717) is 15.7 Å². The van der Waals surface area contributed by atoms with Crippen molar-refractivity contribution < 1.29 is 0 Å². The number of hydrogen-bond acceptors (Lipinski definition) is 4. The number of aryl methyl sites for hydroxylation is 1. The minimum atomic E-state index is 0.404. The quantitative estimate of drug-likeness (QED) is 0.768. The van der Waals surface area contributed by atoms with Gasteiger partial charge in [0.15, 0.2) is 0 Å². The minimum absolute atomic E-state index is 0.404. The molecule has 1 aromatic heterocycles. The zero-order valence-electron chi connectivity index (χ0n) is 9.44. The topological polar surface area (TPSA) is 25.8 Å². The van der Waals surface area contributed by atoms with E-state index < -0.39 is 0 Å². The van der Waals surface area contributed by atoms with Crippen LogP contribution in [0.3, 0.4) is 0 Å². The molecule has 2 heterocycles. The van der Waals surface area contributed by atoms with Crippen molar-refractivity contribution in [2.24, 2.45) is 0 Å². The monoisotopic (exact) mass is 274 g/mol. The lowest BCUT2D eigenvalue weighted by atomic mass is 10.2. The Morgan fingerprint density at radius 3 is 2.81 bits per heavy atom. The van der Waals surface area contributed by atoms with Gasteiger partial charge in [-0.1, -0.05) is 18.5 Å². The maximum Gasteiger partial charge on any atom is 0.144 e. The van der Waals surface area contributed by atoms with Crippen LogP contribution >= 0.6 is 35.1 Å². The van der Waals surface area contributed by atoms with Crippen LogP contribution in [0.1, 0.15) is 30.1 Å². The Morgan fingerprint density at radius 2 is 2.12 bits per heavy atom. The third-order valence-electron chi connectivity index (χ3n) is 2.55. The van der Waals surface area contributed by atoms with Gasteiger partial charge in [0.2, 0.25) is 0 Å². The molecule has 16 heavy (non-hydrogen) atoms. The van der Waals surface area contributed by atoms with E-state index in [1.165, 1.54) is 11.5 Å². The van der Waals surface area contributed by atoms with Gasteiger partial charge < -0.3 is 0 Å². The third-order valence-corrected chi connectivity index (χ3v) is 5.98. The molecular formula is C11H15ClN2S2. The molecular weight excluding hydrogens is 260 g/mol. The number of rotatable bonds is 2. The standard InChI is InChI=1S/C11H15ClN2S2/c1-3-8-10(16-5-4-15-8)11-13-7(2)6-9(12)14-11/h6,8,10H,3-5H2,1-2H3. The molecule has 0 bridgehead atoms. The van der Waals surface area contributed by atoms with Crippen LogP contribution in [0, 0.1) is 6.92 Å². The molecule has 0 aliphatic carbocycles. The second-order valence-electron chi connectivity index (χ2n) is 3.80. The van der Waals surface area contributed by atoms with Gasteiger partial charge in [0.05, 0.1) is 5.25 Å². The highest BCUT2D eigenvalue weighted by Gasteiger charge is 2.28. The molecule has 0 radical (unpaired) electrons. The summed E-state index contributed by atoms with van der Waals surface area (Å²) in [6.45, 7) is 4.20. The van der Waals surface area contributed by atoms with Gasteiger partial charge in [-0.15, -0.1) is 11.8 Å². The summed E-state index contributed by atoms with van der Waals surface area (Å²) in [6, 6.07) is 1.81. The van der Waals surface area contributed by atoms with Crippen LogP contribution in [0.5, 0.6) is 0 Å². The van der Waals surface area contributed by atoms with Crippen LogP contribution in [0.2, 0.25) is 5.15 Å². The average molecular weight is 275 g/mol. The van der Waals surface area contributed by atoms with Gasteiger partial charge in [-0.05, 0) is 19.4 Å². The molecule has 0 spiro atoms. The zero-order valence-corrected chi connectivity index (χ0v) is 11.8. The van der Waals surface area contributed by atoms with Crippen molar-refractivity contribution in [2.45, 2.75) is 30.8 Å². The smallest absolute Gasteiger partial charge is 0.144 e. The molecule has 5 heteroatoms. The van der Waals surface area contributed by atoms with Crippen LogP contribution in [-0.2, 0) is 0 Å². The number of aromatic nitrogens is 2. The van der Waals surface area contributed by atoms with E-state index in [-0.39, 0.29) is 0 Å². The molecule has 1 aromatic rings. The Balaban J connectivity index is 2.26. The second kappa shape index (κ2) is 5.61. The lowest BCUT2D eigenvalue weighted by molar-refractivity contribution is 0.745. The van der Waals surface area contributed by atoms with Gasteiger partial charge in [-0.25, -0.2) is 9.97 Å². The fourth-order valence-electron chi connectivity index (χ4n) is 1.82. The summed E-state index contributed by atoms with van der Waals surface area (Å²) in [5.41, 5.74) is 0.959. The van der Waals surface area contributed by atoms with E-state index in [9.17, 15) is 0 Å². The highest BCUT2D eigenvalue weighted by Crippen LogP contribution is 2.42. The van der Waals surface area contributed by atoms with Crippen molar-refractivity contribution in [3.63, 3.8) is 0 Å². The maximum absolute atomic E-state index is 5.99. The van der Waals surface area contributed by atoms with Gasteiger partial charge in [-0.2, -0.15) is 11.8 Å². The van der Waals surface area contributed by atoms with Crippen molar-refractivity contribution in [3.8, 4) is 0 Å². The largest absolute Gasteiger partial charge is 0.237 e. The molecule has 2 unspecified atom stereocenters. The van der Waals surface area contributed by atoms with Gasteiger partial charge in [0.25, 0.3) is 0 Å². The molecule has 0 aromatic carbocycles. The molecule has 1 aliphatic rings. The highest BCUT2D eigenvalue weighted by molar-refractivity contribution is 8.06. The molecule has 2 atom stereocenters. The van der Waals surface area contributed by atoms with Crippen LogP contribution in [-0.4, -0.2) is 26.7 Å². The number of thioether (sulfide) groups is 2. The third kappa shape index (κ3) is 2.84. The number of hydrogen-bond donors (Lipinski definition) is 0. The van der Waals surface area contributed by atoms with Crippen LogP contribution in [0.25, 0.3) is 0 Å². The Bertz CT molecular complexity index is 353. The minimum Gasteiger partial charge on any atom is -0.237 e. The average Bonchev–Trinajstić information content (AvgIpc) is 2.27. The second-order valence-corrected chi connectivity index (χ2v) is 6.78. The van der Waals surface area contributed by atoms with Gasteiger partial charge >= 0.3 is 0 Å². The fraction of sp³-hybridized carbons (Fsp3) is 0.636. The Hall–Kier alpha value is 0.0700. The van der Waals surface area contributed by atoms with E-state index in [0.717, 1.165) is 17.9 Å². The molecule has 0 amide bonds. The van der Waals surface area contributed by atoms with Gasteiger partial charge in [-0.3, -0.25) is 0 Å². The summed E-state index contributed by atoms with van der Waals surface area (Å²) in [7, 11) is 0. The van der Waals surface area contributed by atoms with E-state index in [1.807, 2.05) is 36.5 Å². The molecule has 0 saturated carbocycles. The molecule has 2 nitrogen and oxygen atoms in total. The maximum atomic E-state index is 5.99. The van der Waals surface area contributed by atoms with Crippen LogP contribution in [0.4, 0.5) is 0 Å². The SMILES string of the molecule is CCC1SCCSC1c1nc(C)cc(Cl)n1. The Labute approximate surface area is 110 Å². The Morgan fingerprint density at radius 1 is 1.38 bits per heavy atom. The first-order valence-electron chi connectivity index (χ1n) is 5.45. The molecule has 1 fully saturated rings. The highest BCUT2D eigenvalue weighted by atomic mass is 35.5.